The Balaban J connectivity index is 2.77. The predicted octanol–water partition coefficient (Wildman–Crippen LogP) is 3.07. The lowest BCUT2D eigenvalue weighted by molar-refractivity contribution is 0.284. The second-order valence-electron chi connectivity index (χ2n) is 2.91. The molecule has 1 aromatic rings. The smallest absolute Gasteiger partial charge is 0.161 e. The molecule has 0 unspecified atom stereocenters. The molecule has 0 spiro atoms. The van der Waals surface area contributed by atoms with E-state index in [9.17, 15) is 8.78 Å². The van der Waals surface area contributed by atoms with Crippen molar-refractivity contribution in [3.63, 3.8) is 0 Å². The molecule has 0 aromatic heterocycles. The fraction of sp³-hybridized carbons (Fsp3) is 0.273. The molecular weight excluding hydrogens is 186 g/mol. The summed E-state index contributed by atoms with van der Waals surface area (Å²) in [7, 11) is 0. The number of hydrogen-bond acceptors (Lipinski definition) is 1. The fourth-order valence-corrected chi connectivity index (χ4v) is 1.09. The van der Waals surface area contributed by atoms with E-state index in [4.69, 9.17) is 5.11 Å². The molecule has 0 amide bonds. The van der Waals surface area contributed by atoms with Gasteiger partial charge in [0.1, 0.15) is 5.83 Å². The van der Waals surface area contributed by atoms with E-state index in [2.05, 4.69) is 0 Å². The van der Waals surface area contributed by atoms with Gasteiger partial charge >= 0.3 is 0 Å². The van der Waals surface area contributed by atoms with Crippen LogP contribution in [0.1, 0.15) is 18.4 Å². The molecule has 0 heterocycles. The zero-order valence-corrected chi connectivity index (χ0v) is 7.71. The number of benzene rings is 1. The van der Waals surface area contributed by atoms with Crippen molar-refractivity contribution in [3.8, 4) is 0 Å². The minimum atomic E-state index is -0.834. The summed E-state index contributed by atoms with van der Waals surface area (Å²) in [4.78, 5) is 0. The highest BCUT2D eigenvalue weighted by Crippen LogP contribution is 2.23. The largest absolute Gasteiger partial charge is 0.396 e. The van der Waals surface area contributed by atoms with Crippen LogP contribution in [-0.2, 0) is 0 Å². The molecule has 0 bridgehead atoms. The average Bonchev–Trinajstić information content (AvgIpc) is 2.26. The molecule has 1 nitrogen and oxygen atoms in total. The van der Waals surface area contributed by atoms with Gasteiger partial charge in [0.25, 0.3) is 0 Å². The molecule has 1 rings (SSSR count). The van der Waals surface area contributed by atoms with Crippen LogP contribution in [0.2, 0.25) is 0 Å². The third-order valence-corrected chi connectivity index (χ3v) is 1.82. The van der Waals surface area contributed by atoms with Crippen molar-refractivity contribution in [3.05, 3.63) is 41.7 Å². The maximum absolute atomic E-state index is 13.3. The lowest BCUT2D eigenvalue weighted by atomic mass is 10.1. The van der Waals surface area contributed by atoms with E-state index < -0.39 is 11.7 Å². The number of allylic oxidation sites excluding steroid dienone is 1. The third kappa shape index (κ3) is 2.92. The molecule has 1 aromatic carbocycles. The summed E-state index contributed by atoms with van der Waals surface area (Å²) in [6.07, 6.45) is 0.184. The Labute approximate surface area is 81.7 Å². The third-order valence-electron chi connectivity index (χ3n) is 1.82. The number of halogens is 2. The first kappa shape index (κ1) is 10.9. The highest BCUT2D eigenvalue weighted by molar-refractivity contribution is 5.60. The molecule has 76 valence electrons. The summed E-state index contributed by atoms with van der Waals surface area (Å²) in [5, 5.41) is 8.46. The van der Waals surface area contributed by atoms with Gasteiger partial charge in [-0.3, -0.25) is 0 Å². The molecule has 0 saturated carbocycles. The Hall–Kier alpha value is -1.22. The van der Waals surface area contributed by atoms with Crippen LogP contribution in [0, 0.1) is 0 Å². The maximum Gasteiger partial charge on any atom is 0.161 e. The highest BCUT2D eigenvalue weighted by atomic mass is 19.2. The zero-order chi connectivity index (χ0) is 10.4. The maximum atomic E-state index is 13.3. The van der Waals surface area contributed by atoms with Gasteiger partial charge in [-0.15, -0.1) is 0 Å². The van der Waals surface area contributed by atoms with Crippen molar-refractivity contribution in [2.75, 3.05) is 6.61 Å². The van der Waals surface area contributed by atoms with Gasteiger partial charge < -0.3 is 5.11 Å². The monoisotopic (exact) mass is 198 g/mol. The minimum Gasteiger partial charge on any atom is -0.396 e. The van der Waals surface area contributed by atoms with Crippen molar-refractivity contribution in [1.82, 2.24) is 0 Å². The SMILES string of the molecule is OCCC/C(F)=C(\F)c1ccccc1. The number of aliphatic hydroxyl groups excluding tert-OH is 1. The van der Waals surface area contributed by atoms with Gasteiger partial charge in [-0.05, 0) is 6.42 Å². The number of aliphatic hydroxyl groups is 1. The Morgan fingerprint density at radius 3 is 2.36 bits per heavy atom. The quantitative estimate of drug-likeness (QED) is 0.788. The van der Waals surface area contributed by atoms with Gasteiger partial charge in [-0.1, -0.05) is 30.3 Å². The van der Waals surface area contributed by atoms with Gasteiger partial charge in [0.2, 0.25) is 0 Å². The molecule has 0 radical (unpaired) electrons. The highest BCUT2D eigenvalue weighted by Gasteiger charge is 2.07. The average molecular weight is 198 g/mol. The lowest BCUT2D eigenvalue weighted by Crippen LogP contribution is -1.86. The molecule has 14 heavy (non-hydrogen) atoms. The summed E-state index contributed by atoms with van der Waals surface area (Å²) in [5.74, 6) is -1.63. The van der Waals surface area contributed by atoms with E-state index in [1.54, 1.807) is 18.2 Å². The van der Waals surface area contributed by atoms with E-state index in [1.807, 2.05) is 0 Å². The minimum absolute atomic E-state index is 0.0583. The Kier molecular flexibility index (Phi) is 4.26. The summed E-state index contributed by atoms with van der Waals surface area (Å²) >= 11 is 0. The van der Waals surface area contributed by atoms with Gasteiger partial charge in [0, 0.05) is 18.6 Å². The second-order valence-corrected chi connectivity index (χ2v) is 2.91. The topological polar surface area (TPSA) is 20.2 Å². The predicted molar refractivity (Wildman–Crippen MR) is 51.9 cm³/mol. The molecule has 0 aliphatic carbocycles. The van der Waals surface area contributed by atoms with Gasteiger partial charge in [-0.2, -0.15) is 0 Å². The molecule has 0 atom stereocenters. The molecular formula is C11H12F2O. The van der Waals surface area contributed by atoms with Crippen LogP contribution in [0.3, 0.4) is 0 Å². The lowest BCUT2D eigenvalue weighted by Gasteiger charge is -2.00. The summed E-state index contributed by atoms with van der Waals surface area (Å²) < 4.78 is 26.3. The molecule has 1 N–H and O–H groups in total. The first-order valence-electron chi connectivity index (χ1n) is 4.46. The normalized spacial score (nSPS) is 12.5. The van der Waals surface area contributed by atoms with Crippen molar-refractivity contribution in [2.45, 2.75) is 12.8 Å². The first-order chi connectivity index (χ1) is 6.75. The van der Waals surface area contributed by atoms with E-state index in [0.717, 1.165) is 0 Å². The van der Waals surface area contributed by atoms with Gasteiger partial charge in [-0.25, -0.2) is 8.78 Å². The Bertz CT molecular complexity index is 306. The van der Waals surface area contributed by atoms with E-state index in [1.165, 1.54) is 12.1 Å². The van der Waals surface area contributed by atoms with Gasteiger partial charge in [0.05, 0.1) is 0 Å². The van der Waals surface area contributed by atoms with Crippen molar-refractivity contribution in [1.29, 1.82) is 0 Å². The zero-order valence-electron chi connectivity index (χ0n) is 7.71. The fourth-order valence-electron chi connectivity index (χ4n) is 1.09. The molecule has 0 fully saturated rings. The number of rotatable bonds is 4. The van der Waals surface area contributed by atoms with Crippen LogP contribution >= 0.6 is 0 Å². The van der Waals surface area contributed by atoms with Crippen molar-refractivity contribution < 1.29 is 13.9 Å². The summed E-state index contributed by atoms with van der Waals surface area (Å²) in [6.45, 7) is -0.129. The van der Waals surface area contributed by atoms with Crippen molar-refractivity contribution >= 4 is 5.83 Å². The Morgan fingerprint density at radius 2 is 1.79 bits per heavy atom. The molecule has 0 saturated heterocycles. The van der Waals surface area contributed by atoms with Crippen LogP contribution in [-0.4, -0.2) is 11.7 Å². The molecule has 0 aliphatic rings. The Morgan fingerprint density at radius 1 is 1.14 bits per heavy atom. The van der Waals surface area contributed by atoms with Crippen LogP contribution in [0.5, 0.6) is 0 Å². The number of hydrogen-bond donors (Lipinski definition) is 1. The van der Waals surface area contributed by atoms with Crippen LogP contribution in [0.4, 0.5) is 8.78 Å². The van der Waals surface area contributed by atoms with E-state index >= 15 is 0 Å². The van der Waals surface area contributed by atoms with Crippen LogP contribution < -0.4 is 0 Å². The van der Waals surface area contributed by atoms with Crippen LogP contribution in [0.15, 0.2) is 36.2 Å². The van der Waals surface area contributed by atoms with Crippen molar-refractivity contribution in [2.24, 2.45) is 0 Å². The molecule has 3 heteroatoms. The van der Waals surface area contributed by atoms with Crippen LogP contribution in [0.25, 0.3) is 5.83 Å². The first-order valence-corrected chi connectivity index (χ1v) is 4.46. The van der Waals surface area contributed by atoms with E-state index in [-0.39, 0.29) is 25.0 Å². The van der Waals surface area contributed by atoms with Gasteiger partial charge in [0.15, 0.2) is 5.83 Å². The second kappa shape index (κ2) is 5.50. The standard InChI is InChI=1S/C11H12F2O/c12-10(7-4-8-14)11(13)9-5-2-1-3-6-9/h1-3,5-6,14H,4,7-8H2/b11-10+. The molecule has 0 aliphatic heterocycles. The summed E-state index contributed by atoms with van der Waals surface area (Å²) in [6, 6.07) is 8.05. The van der Waals surface area contributed by atoms with E-state index in [0.29, 0.717) is 0 Å². The summed E-state index contributed by atoms with van der Waals surface area (Å²) in [5.41, 5.74) is 0.239.